The van der Waals surface area contributed by atoms with Crippen LogP contribution in [0.1, 0.15) is 26.8 Å². The maximum atomic E-state index is 4.51. The van der Waals surface area contributed by atoms with Crippen LogP contribution in [0.5, 0.6) is 0 Å². The van der Waals surface area contributed by atoms with Crippen LogP contribution in [-0.4, -0.2) is 22.8 Å². The highest BCUT2D eigenvalue weighted by Crippen LogP contribution is 2.16. The highest BCUT2D eigenvalue weighted by Gasteiger charge is 2.10. The van der Waals surface area contributed by atoms with E-state index in [1.165, 1.54) is 0 Å². The average Bonchev–Trinajstić information content (AvgIpc) is 2.87. The number of aliphatic imine (C=N–C) groups is 1. The highest BCUT2D eigenvalue weighted by molar-refractivity contribution is 5.72. The maximum absolute atomic E-state index is 4.51. The lowest BCUT2D eigenvalue weighted by atomic mass is 10.3. The van der Waals surface area contributed by atoms with Gasteiger partial charge in [0.2, 0.25) is 0 Å². The number of rotatable bonds is 4. The fourth-order valence-corrected chi connectivity index (χ4v) is 2.22. The molecule has 1 aromatic heterocycles. The first-order chi connectivity index (χ1) is 10.1. The zero-order valence-corrected chi connectivity index (χ0v) is 13.1. The van der Waals surface area contributed by atoms with Gasteiger partial charge < -0.3 is 9.47 Å². The Morgan fingerprint density at radius 2 is 2.00 bits per heavy atom. The second-order valence-electron chi connectivity index (χ2n) is 5.15. The zero-order chi connectivity index (χ0) is 15.4. The third kappa shape index (κ3) is 3.05. The normalized spacial score (nSPS) is 13.0. The van der Waals surface area contributed by atoms with E-state index in [1.807, 2.05) is 55.5 Å². The highest BCUT2D eigenvalue weighted by atomic mass is 15.2. The smallest absolute Gasteiger partial charge is 0.160 e. The van der Waals surface area contributed by atoms with Crippen molar-refractivity contribution in [3.05, 3.63) is 47.4 Å². The third-order valence-electron chi connectivity index (χ3n) is 3.38. The van der Waals surface area contributed by atoms with Crippen LogP contribution in [-0.2, 0) is 0 Å². The summed E-state index contributed by atoms with van der Waals surface area (Å²) in [5, 5.41) is 1.70. The Bertz CT molecular complexity index is 726. The molecule has 0 bridgehead atoms. The molecule has 0 aliphatic rings. The summed E-state index contributed by atoms with van der Waals surface area (Å²) in [4.78, 5) is 11.0. The first-order valence-electron chi connectivity index (χ1n) is 7.09. The van der Waals surface area contributed by atoms with Crippen LogP contribution < -0.4 is 15.6 Å². The second-order valence-corrected chi connectivity index (χ2v) is 5.15. The number of anilines is 1. The molecule has 0 amide bonds. The van der Waals surface area contributed by atoms with Crippen molar-refractivity contribution in [2.75, 3.05) is 11.9 Å². The molecule has 4 heteroatoms. The molecule has 1 aromatic carbocycles. The average molecular weight is 282 g/mol. The van der Waals surface area contributed by atoms with E-state index in [2.05, 4.69) is 35.0 Å². The van der Waals surface area contributed by atoms with E-state index < -0.39 is 0 Å². The SMILES string of the molecule is C=c1/c(=C(\N=CC)N(C)c2ccccc2)ncn1C(C)C. The number of nitrogens with zero attached hydrogens (tertiary/aromatic N) is 4. The molecular formula is C17H22N4. The zero-order valence-electron chi connectivity index (χ0n) is 13.1. The van der Waals surface area contributed by atoms with Crippen LogP contribution in [0, 0.1) is 0 Å². The van der Waals surface area contributed by atoms with Crippen molar-refractivity contribution in [1.29, 1.82) is 0 Å². The molecule has 0 saturated carbocycles. The Balaban J connectivity index is 2.64. The molecule has 0 spiro atoms. The standard InChI is InChI=1S/C17H22N4/c1-6-18-17(20(5)15-10-8-7-9-11-15)16-14(4)21(12-19-16)13(2)3/h6-13H,4H2,1-3,5H3/b17-16-,18-6?. The van der Waals surface area contributed by atoms with E-state index in [4.69, 9.17) is 0 Å². The monoisotopic (exact) mass is 282 g/mol. The molecule has 0 fully saturated rings. The lowest BCUT2D eigenvalue weighted by Crippen LogP contribution is -2.35. The summed E-state index contributed by atoms with van der Waals surface area (Å²) < 4.78 is 2.05. The predicted molar refractivity (Wildman–Crippen MR) is 89.8 cm³/mol. The van der Waals surface area contributed by atoms with Gasteiger partial charge in [-0.1, -0.05) is 24.8 Å². The predicted octanol–water partition coefficient (Wildman–Crippen LogP) is 2.17. The number of hydrogen-bond acceptors (Lipinski definition) is 3. The van der Waals surface area contributed by atoms with Crippen LogP contribution >= 0.6 is 0 Å². The summed E-state index contributed by atoms with van der Waals surface area (Å²) in [6.45, 7) is 10.3. The van der Waals surface area contributed by atoms with E-state index in [0.29, 0.717) is 6.04 Å². The van der Waals surface area contributed by atoms with Crippen LogP contribution in [0.2, 0.25) is 0 Å². The van der Waals surface area contributed by atoms with Gasteiger partial charge in [0.05, 0.1) is 11.7 Å². The molecule has 21 heavy (non-hydrogen) atoms. The molecular weight excluding hydrogens is 260 g/mol. The van der Waals surface area contributed by atoms with Gasteiger partial charge in [-0.05, 0) is 32.9 Å². The lowest BCUT2D eigenvalue weighted by molar-refractivity contribution is 0.586. The third-order valence-corrected chi connectivity index (χ3v) is 3.38. The van der Waals surface area contributed by atoms with Crippen LogP contribution in [0.25, 0.3) is 12.4 Å². The van der Waals surface area contributed by atoms with E-state index in [1.54, 1.807) is 6.21 Å². The number of benzene rings is 1. The summed E-state index contributed by atoms with van der Waals surface area (Å²) in [6, 6.07) is 10.4. The van der Waals surface area contributed by atoms with Crippen molar-refractivity contribution in [1.82, 2.24) is 9.55 Å². The van der Waals surface area contributed by atoms with Gasteiger partial charge in [-0.25, -0.2) is 9.98 Å². The minimum Gasteiger partial charge on any atom is -0.328 e. The van der Waals surface area contributed by atoms with Gasteiger partial charge in [0.25, 0.3) is 0 Å². The first-order valence-corrected chi connectivity index (χ1v) is 7.09. The molecule has 0 aliphatic carbocycles. The van der Waals surface area contributed by atoms with Gasteiger partial charge in [-0.2, -0.15) is 0 Å². The van der Waals surface area contributed by atoms with Crippen LogP contribution in [0.4, 0.5) is 5.69 Å². The van der Waals surface area contributed by atoms with Gasteiger partial charge >= 0.3 is 0 Å². The van der Waals surface area contributed by atoms with Crippen molar-refractivity contribution >= 4 is 24.3 Å². The van der Waals surface area contributed by atoms with Crippen molar-refractivity contribution in [3.63, 3.8) is 0 Å². The Labute approximate surface area is 125 Å². The van der Waals surface area contributed by atoms with Crippen molar-refractivity contribution in [2.45, 2.75) is 26.8 Å². The van der Waals surface area contributed by atoms with Crippen molar-refractivity contribution in [2.24, 2.45) is 4.99 Å². The molecule has 0 saturated heterocycles. The molecule has 2 rings (SSSR count). The molecule has 1 heterocycles. The largest absolute Gasteiger partial charge is 0.328 e. The Morgan fingerprint density at radius 3 is 2.52 bits per heavy atom. The fourth-order valence-electron chi connectivity index (χ4n) is 2.22. The summed E-state index contributed by atoms with van der Waals surface area (Å²) in [7, 11) is 1.99. The molecule has 2 aromatic rings. The minimum absolute atomic E-state index is 0.327. The number of para-hydroxylation sites is 1. The topological polar surface area (TPSA) is 33.4 Å². The lowest BCUT2D eigenvalue weighted by Gasteiger charge is -2.18. The quantitative estimate of drug-likeness (QED) is 0.805. The van der Waals surface area contributed by atoms with Gasteiger partial charge in [-0.15, -0.1) is 0 Å². The Kier molecular flexibility index (Phi) is 4.58. The van der Waals surface area contributed by atoms with E-state index in [-0.39, 0.29) is 0 Å². The molecule has 0 N–H and O–H groups in total. The molecule has 0 unspecified atom stereocenters. The van der Waals surface area contributed by atoms with Crippen molar-refractivity contribution in [3.8, 4) is 0 Å². The van der Waals surface area contributed by atoms with Gasteiger partial charge in [-0.3, -0.25) is 0 Å². The molecule has 0 radical (unpaired) electrons. The maximum Gasteiger partial charge on any atom is 0.160 e. The summed E-state index contributed by atoms with van der Waals surface area (Å²) in [5.74, 6) is 0.799. The Morgan fingerprint density at radius 1 is 1.33 bits per heavy atom. The van der Waals surface area contributed by atoms with Gasteiger partial charge in [0.15, 0.2) is 5.82 Å². The van der Waals surface area contributed by atoms with Gasteiger partial charge in [0.1, 0.15) is 5.35 Å². The second kappa shape index (κ2) is 6.39. The number of aromatic nitrogens is 2. The molecule has 4 nitrogen and oxygen atoms in total. The van der Waals surface area contributed by atoms with Gasteiger partial charge in [0, 0.05) is 25.0 Å². The summed E-state index contributed by atoms with van der Waals surface area (Å²) >= 11 is 0. The van der Waals surface area contributed by atoms with Crippen LogP contribution in [0.15, 0.2) is 41.7 Å². The van der Waals surface area contributed by atoms with Crippen LogP contribution in [0.3, 0.4) is 0 Å². The molecule has 110 valence electrons. The Hall–Kier alpha value is -2.36. The molecule has 0 atom stereocenters. The number of hydrogen-bond donors (Lipinski definition) is 0. The van der Waals surface area contributed by atoms with E-state index >= 15 is 0 Å². The van der Waals surface area contributed by atoms with E-state index in [9.17, 15) is 0 Å². The van der Waals surface area contributed by atoms with E-state index in [0.717, 1.165) is 22.2 Å². The first kappa shape index (κ1) is 15.0. The number of imidazole rings is 1. The van der Waals surface area contributed by atoms with Crippen molar-refractivity contribution < 1.29 is 0 Å². The molecule has 0 aliphatic heterocycles. The summed E-state index contributed by atoms with van der Waals surface area (Å²) in [6.07, 6.45) is 3.61. The fraction of sp³-hybridized carbons (Fsp3) is 0.294. The minimum atomic E-state index is 0.327. The summed E-state index contributed by atoms with van der Waals surface area (Å²) in [5.41, 5.74) is 1.07.